The number of hydrogen-bond acceptors (Lipinski definition) is 4. The summed E-state index contributed by atoms with van der Waals surface area (Å²) in [5, 5.41) is 12.4. The van der Waals surface area contributed by atoms with Crippen LogP contribution in [0.4, 0.5) is 0 Å². The van der Waals surface area contributed by atoms with Crippen molar-refractivity contribution in [1.82, 2.24) is 5.32 Å². The third kappa shape index (κ3) is 5.46. The number of ether oxygens (including phenoxy) is 2. The van der Waals surface area contributed by atoms with E-state index in [1.54, 1.807) is 32.2 Å². The number of nitrogens with one attached hydrogen (secondary N) is 1. The first-order valence-electron chi connectivity index (χ1n) is 5.90. The molecule has 0 aliphatic carbocycles. The molecule has 0 unspecified atom stereocenters. The molecule has 1 aromatic rings. The van der Waals surface area contributed by atoms with Crippen molar-refractivity contribution in [3.05, 3.63) is 28.8 Å². The number of amides is 1. The summed E-state index contributed by atoms with van der Waals surface area (Å²) in [6.07, 6.45) is -0.594. The molecule has 0 fully saturated rings. The van der Waals surface area contributed by atoms with Crippen molar-refractivity contribution in [3.63, 3.8) is 0 Å². The van der Waals surface area contributed by atoms with E-state index in [0.29, 0.717) is 29.5 Å². The number of carbonyl (C=O) groups is 1. The van der Waals surface area contributed by atoms with Crippen LogP contribution in [0.25, 0.3) is 0 Å². The summed E-state index contributed by atoms with van der Waals surface area (Å²) in [7, 11) is 1.56. The SMILES string of the molecule is COCCNC(=O)COc1ccc([C@@H](C)O)cc1Cl. The predicted octanol–water partition coefficient (Wildman–Crippen LogP) is 1.53. The standard InChI is InChI=1S/C13H18ClNO4/c1-9(16)10-3-4-12(11(14)7-10)19-8-13(17)15-5-6-18-2/h3-4,7,9,16H,5-6,8H2,1-2H3,(H,15,17)/t9-/m1/s1. The summed E-state index contributed by atoms with van der Waals surface area (Å²) in [6.45, 7) is 2.43. The molecule has 0 heterocycles. The van der Waals surface area contributed by atoms with Crippen molar-refractivity contribution in [3.8, 4) is 5.75 Å². The molecule has 19 heavy (non-hydrogen) atoms. The molecule has 2 N–H and O–H groups in total. The fourth-order valence-electron chi connectivity index (χ4n) is 1.38. The lowest BCUT2D eigenvalue weighted by atomic mass is 10.1. The summed E-state index contributed by atoms with van der Waals surface area (Å²) in [5.41, 5.74) is 0.696. The first-order valence-corrected chi connectivity index (χ1v) is 6.28. The lowest BCUT2D eigenvalue weighted by Gasteiger charge is -2.11. The molecular formula is C13H18ClNO4. The van der Waals surface area contributed by atoms with Gasteiger partial charge >= 0.3 is 0 Å². The van der Waals surface area contributed by atoms with E-state index in [9.17, 15) is 9.90 Å². The van der Waals surface area contributed by atoms with E-state index in [0.717, 1.165) is 0 Å². The minimum atomic E-state index is -0.594. The molecule has 106 valence electrons. The smallest absolute Gasteiger partial charge is 0.258 e. The second kappa shape index (κ2) is 7.99. The summed E-state index contributed by atoms with van der Waals surface area (Å²) in [5.74, 6) is 0.167. The van der Waals surface area contributed by atoms with Gasteiger partial charge in [0.1, 0.15) is 5.75 Å². The number of carbonyl (C=O) groups excluding carboxylic acids is 1. The Morgan fingerprint density at radius 3 is 2.84 bits per heavy atom. The zero-order chi connectivity index (χ0) is 14.3. The van der Waals surface area contributed by atoms with Crippen LogP contribution in [0.3, 0.4) is 0 Å². The highest BCUT2D eigenvalue weighted by Gasteiger charge is 2.08. The first-order chi connectivity index (χ1) is 9.04. The number of rotatable bonds is 7. The highest BCUT2D eigenvalue weighted by atomic mass is 35.5. The van der Waals surface area contributed by atoms with Gasteiger partial charge in [-0.2, -0.15) is 0 Å². The van der Waals surface area contributed by atoms with Crippen LogP contribution in [0.5, 0.6) is 5.75 Å². The molecule has 5 nitrogen and oxygen atoms in total. The van der Waals surface area contributed by atoms with Crippen LogP contribution in [0.1, 0.15) is 18.6 Å². The van der Waals surface area contributed by atoms with Gasteiger partial charge in [0.25, 0.3) is 5.91 Å². The quantitative estimate of drug-likeness (QED) is 0.747. The van der Waals surface area contributed by atoms with Gasteiger partial charge in [-0.15, -0.1) is 0 Å². The van der Waals surface area contributed by atoms with Gasteiger partial charge in [0.2, 0.25) is 0 Å². The van der Waals surface area contributed by atoms with Crippen LogP contribution < -0.4 is 10.1 Å². The summed E-state index contributed by atoms with van der Waals surface area (Å²) in [4.78, 5) is 11.4. The van der Waals surface area contributed by atoms with Crippen molar-refractivity contribution in [2.24, 2.45) is 0 Å². The maximum atomic E-state index is 11.4. The Balaban J connectivity index is 2.47. The van der Waals surface area contributed by atoms with E-state index >= 15 is 0 Å². The molecule has 0 saturated heterocycles. The zero-order valence-corrected chi connectivity index (χ0v) is 11.7. The second-order valence-electron chi connectivity index (χ2n) is 4.00. The summed E-state index contributed by atoms with van der Waals surface area (Å²) < 4.78 is 10.1. The van der Waals surface area contributed by atoms with Crippen molar-refractivity contribution in [2.45, 2.75) is 13.0 Å². The fraction of sp³-hybridized carbons (Fsp3) is 0.462. The Labute approximate surface area is 117 Å². The van der Waals surface area contributed by atoms with Gasteiger partial charge in [0, 0.05) is 13.7 Å². The number of benzene rings is 1. The van der Waals surface area contributed by atoms with Gasteiger partial charge in [-0.1, -0.05) is 17.7 Å². The molecule has 0 aliphatic heterocycles. The number of aliphatic hydroxyl groups excluding tert-OH is 1. The molecule has 1 atom stereocenters. The maximum absolute atomic E-state index is 11.4. The van der Waals surface area contributed by atoms with Gasteiger partial charge in [0.05, 0.1) is 17.7 Å². The Hall–Kier alpha value is -1.30. The number of halogens is 1. The Bertz CT molecular complexity index is 423. The monoisotopic (exact) mass is 287 g/mol. The highest BCUT2D eigenvalue weighted by molar-refractivity contribution is 6.32. The van der Waals surface area contributed by atoms with E-state index in [-0.39, 0.29) is 12.5 Å². The predicted molar refractivity (Wildman–Crippen MR) is 72.5 cm³/mol. The third-order valence-corrected chi connectivity index (χ3v) is 2.72. The van der Waals surface area contributed by atoms with Gasteiger partial charge in [0.15, 0.2) is 6.61 Å². The van der Waals surface area contributed by atoms with Crippen molar-refractivity contribution >= 4 is 17.5 Å². The lowest BCUT2D eigenvalue weighted by Crippen LogP contribution is -2.31. The third-order valence-electron chi connectivity index (χ3n) is 2.43. The van der Waals surface area contributed by atoms with Crippen LogP contribution in [-0.2, 0) is 9.53 Å². The van der Waals surface area contributed by atoms with Crippen LogP contribution in [-0.4, -0.2) is 37.9 Å². The van der Waals surface area contributed by atoms with Crippen LogP contribution in [0, 0.1) is 0 Å². The van der Waals surface area contributed by atoms with E-state index in [1.807, 2.05) is 0 Å². The normalized spacial score (nSPS) is 12.0. The van der Waals surface area contributed by atoms with Crippen molar-refractivity contribution in [1.29, 1.82) is 0 Å². The Morgan fingerprint density at radius 1 is 1.53 bits per heavy atom. The van der Waals surface area contributed by atoms with E-state index in [1.165, 1.54) is 0 Å². The van der Waals surface area contributed by atoms with Crippen LogP contribution in [0.2, 0.25) is 5.02 Å². The molecule has 0 spiro atoms. The van der Waals surface area contributed by atoms with Gasteiger partial charge in [-0.25, -0.2) is 0 Å². The average molecular weight is 288 g/mol. The van der Waals surface area contributed by atoms with E-state index < -0.39 is 6.10 Å². The number of methoxy groups -OCH3 is 1. The Morgan fingerprint density at radius 2 is 2.26 bits per heavy atom. The number of aliphatic hydroxyl groups is 1. The molecule has 0 radical (unpaired) electrons. The molecular weight excluding hydrogens is 270 g/mol. The Kier molecular flexibility index (Phi) is 6.62. The minimum absolute atomic E-state index is 0.114. The molecule has 0 saturated carbocycles. The first kappa shape index (κ1) is 15.8. The molecule has 1 amide bonds. The lowest BCUT2D eigenvalue weighted by molar-refractivity contribution is -0.123. The maximum Gasteiger partial charge on any atom is 0.258 e. The fourth-order valence-corrected chi connectivity index (χ4v) is 1.62. The van der Waals surface area contributed by atoms with Crippen molar-refractivity contribution in [2.75, 3.05) is 26.9 Å². The summed E-state index contributed by atoms with van der Waals surface area (Å²) in [6, 6.07) is 4.95. The number of hydrogen-bond donors (Lipinski definition) is 2. The largest absolute Gasteiger partial charge is 0.482 e. The average Bonchev–Trinajstić information content (AvgIpc) is 2.37. The molecule has 0 aliphatic rings. The molecule has 1 aromatic carbocycles. The zero-order valence-electron chi connectivity index (χ0n) is 11.0. The van der Waals surface area contributed by atoms with Gasteiger partial charge in [-0.05, 0) is 24.6 Å². The second-order valence-corrected chi connectivity index (χ2v) is 4.40. The van der Waals surface area contributed by atoms with Gasteiger partial charge < -0.3 is 19.9 Å². The van der Waals surface area contributed by atoms with E-state index in [4.69, 9.17) is 21.1 Å². The minimum Gasteiger partial charge on any atom is -0.482 e. The van der Waals surface area contributed by atoms with Crippen molar-refractivity contribution < 1.29 is 19.4 Å². The highest BCUT2D eigenvalue weighted by Crippen LogP contribution is 2.27. The summed E-state index contributed by atoms with van der Waals surface area (Å²) >= 11 is 6.00. The van der Waals surface area contributed by atoms with E-state index in [2.05, 4.69) is 5.32 Å². The van der Waals surface area contributed by atoms with Crippen LogP contribution in [0.15, 0.2) is 18.2 Å². The molecule has 0 aromatic heterocycles. The topological polar surface area (TPSA) is 67.8 Å². The van der Waals surface area contributed by atoms with Crippen LogP contribution >= 0.6 is 11.6 Å². The molecule has 0 bridgehead atoms. The van der Waals surface area contributed by atoms with Gasteiger partial charge in [-0.3, -0.25) is 4.79 Å². The molecule has 6 heteroatoms. The molecule has 1 rings (SSSR count).